The fourth-order valence-corrected chi connectivity index (χ4v) is 3.78. The van der Waals surface area contributed by atoms with Crippen molar-refractivity contribution in [2.75, 3.05) is 21.3 Å². The van der Waals surface area contributed by atoms with Crippen molar-refractivity contribution < 1.29 is 13.3 Å². The average molecular weight is 204 g/mol. The van der Waals surface area contributed by atoms with E-state index in [1.54, 1.807) is 21.3 Å². The zero-order valence-electron chi connectivity index (χ0n) is 9.16. The van der Waals surface area contributed by atoms with Crippen LogP contribution in [0.15, 0.2) is 12.2 Å². The summed E-state index contributed by atoms with van der Waals surface area (Å²) in [5.74, 6) is 0. The molecule has 0 aliphatic heterocycles. The molecule has 1 unspecified atom stereocenters. The Hall–Kier alpha value is -0.163. The largest absolute Gasteiger partial charge is 0.507 e. The van der Waals surface area contributed by atoms with Crippen molar-refractivity contribution in [3.05, 3.63) is 12.2 Å². The highest BCUT2D eigenvalue weighted by molar-refractivity contribution is 6.62. The summed E-state index contributed by atoms with van der Waals surface area (Å²) in [5, 5.41) is 0. The summed E-state index contributed by atoms with van der Waals surface area (Å²) in [5.41, 5.74) is 0.248. The van der Waals surface area contributed by atoms with Crippen LogP contribution in [0, 0.1) is 0 Å². The maximum atomic E-state index is 5.39. The van der Waals surface area contributed by atoms with E-state index < -0.39 is 8.80 Å². The first-order valence-corrected chi connectivity index (χ1v) is 6.29. The Bertz CT molecular complexity index is 147. The highest BCUT2D eigenvalue weighted by Crippen LogP contribution is 2.28. The van der Waals surface area contributed by atoms with Crippen LogP contribution in [0.1, 0.15) is 20.3 Å². The van der Waals surface area contributed by atoms with Gasteiger partial charge in [0.2, 0.25) is 0 Å². The Kier molecular flexibility index (Phi) is 6.24. The molecule has 0 aliphatic carbocycles. The van der Waals surface area contributed by atoms with Crippen LogP contribution < -0.4 is 0 Å². The fourth-order valence-electron chi connectivity index (χ4n) is 1.44. The third kappa shape index (κ3) is 2.91. The molecule has 0 saturated heterocycles. The average Bonchev–Trinajstić information content (AvgIpc) is 2.19. The topological polar surface area (TPSA) is 27.7 Å². The Morgan fingerprint density at radius 1 is 1.15 bits per heavy atom. The van der Waals surface area contributed by atoms with Crippen molar-refractivity contribution in [3.8, 4) is 0 Å². The second kappa shape index (κ2) is 6.31. The van der Waals surface area contributed by atoms with Gasteiger partial charge in [-0.25, -0.2) is 0 Å². The van der Waals surface area contributed by atoms with Crippen LogP contribution in [-0.2, 0) is 13.3 Å². The fraction of sp³-hybridized carbons (Fsp3) is 0.778. The molecule has 0 rings (SSSR count). The molecule has 0 aliphatic rings. The maximum Gasteiger partial charge on any atom is 0.507 e. The minimum absolute atomic E-state index is 0.248. The summed E-state index contributed by atoms with van der Waals surface area (Å²) in [6, 6.07) is 0. The van der Waals surface area contributed by atoms with Gasteiger partial charge in [-0.15, -0.1) is 0 Å². The van der Waals surface area contributed by atoms with Crippen molar-refractivity contribution >= 4 is 8.80 Å². The minimum Gasteiger partial charge on any atom is -0.376 e. The molecule has 0 amide bonds. The molecule has 3 nitrogen and oxygen atoms in total. The first-order valence-electron chi connectivity index (χ1n) is 4.49. The Labute approximate surface area is 82.1 Å². The molecular weight excluding hydrogens is 184 g/mol. The lowest BCUT2D eigenvalue weighted by atomic mass is 10.3. The van der Waals surface area contributed by atoms with Crippen LogP contribution in [0.3, 0.4) is 0 Å². The van der Waals surface area contributed by atoms with E-state index in [1.807, 2.05) is 13.0 Å². The van der Waals surface area contributed by atoms with Crippen LogP contribution in [0.25, 0.3) is 0 Å². The normalized spacial score (nSPS) is 15.2. The molecular formula is C9H20O3Si. The second-order valence-corrected chi connectivity index (χ2v) is 5.93. The zero-order valence-corrected chi connectivity index (χ0v) is 10.2. The molecule has 0 aromatic carbocycles. The number of hydrogen-bond acceptors (Lipinski definition) is 3. The Balaban J connectivity index is 4.65. The molecule has 0 N–H and O–H groups in total. The molecule has 13 heavy (non-hydrogen) atoms. The van der Waals surface area contributed by atoms with Crippen molar-refractivity contribution in [1.82, 2.24) is 0 Å². The van der Waals surface area contributed by atoms with Crippen LogP contribution >= 0.6 is 0 Å². The van der Waals surface area contributed by atoms with E-state index >= 15 is 0 Å². The van der Waals surface area contributed by atoms with Gasteiger partial charge in [-0.3, -0.25) is 0 Å². The van der Waals surface area contributed by atoms with Gasteiger partial charge in [0.15, 0.2) is 0 Å². The summed E-state index contributed by atoms with van der Waals surface area (Å²) in [6.07, 6.45) is 5.06. The van der Waals surface area contributed by atoms with E-state index in [1.165, 1.54) is 0 Å². The lowest BCUT2D eigenvalue weighted by molar-refractivity contribution is 0.116. The molecule has 78 valence electrons. The van der Waals surface area contributed by atoms with Gasteiger partial charge < -0.3 is 13.3 Å². The van der Waals surface area contributed by atoms with Gasteiger partial charge >= 0.3 is 8.80 Å². The summed E-state index contributed by atoms with van der Waals surface area (Å²) >= 11 is 0. The summed E-state index contributed by atoms with van der Waals surface area (Å²) in [6.45, 7) is 4.09. The van der Waals surface area contributed by atoms with Gasteiger partial charge in [0.05, 0.1) is 0 Å². The van der Waals surface area contributed by atoms with E-state index in [-0.39, 0.29) is 5.54 Å². The van der Waals surface area contributed by atoms with Crippen molar-refractivity contribution in [3.63, 3.8) is 0 Å². The Morgan fingerprint density at radius 2 is 1.62 bits per heavy atom. The predicted octanol–water partition coefficient (Wildman–Crippen LogP) is 2.22. The molecule has 0 radical (unpaired) electrons. The SMILES string of the molecule is C/C=C\C(CC)[Si](OC)(OC)OC. The first-order chi connectivity index (χ1) is 6.20. The second-order valence-electron chi connectivity index (χ2n) is 2.76. The van der Waals surface area contributed by atoms with Gasteiger partial charge in [0, 0.05) is 26.9 Å². The smallest absolute Gasteiger partial charge is 0.376 e. The van der Waals surface area contributed by atoms with Gasteiger partial charge in [-0.1, -0.05) is 19.1 Å². The van der Waals surface area contributed by atoms with Crippen molar-refractivity contribution in [1.29, 1.82) is 0 Å². The van der Waals surface area contributed by atoms with Gasteiger partial charge in [-0.05, 0) is 13.3 Å². The molecule has 0 bridgehead atoms. The lowest BCUT2D eigenvalue weighted by Crippen LogP contribution is -2.46. The maximum absolute atomic E-state index is 5.39. The van der Waals surface area contributed by atoms with Crippen molar-refractivity contribution in [2.45, 2.75) is 25.8 Å². The highest BCUT2D eigenvalue weighted by atomic mass is 28.4. The van der Waals surface area contributed by atoms with E-state index in [9.17, 15) is 0 Å². The molecule has 0 saturated carbocycles. The van der Waals surface area contributed by atoms with Crippen LogP contribution in [0.2, 0.25) is 5.54 Å². The molecule has 0 aromatic rings. The van der Waals surface area contributed by atoms with E-state index in [0.29, 0.717) is 0 Å². The predicted molar refractivity (Wildman–Crippen MR) is 55.6 cm³/mol. The Morgan fingerprint density at radius 3 is 1.85 bits per heavy atom. The third-order valence-electron chi connectivity index (χ3n) is 2.17. The van der Waals surface area contributed by atoms with Crippen LogP contribution in [0.5, 0.6) is 0 Å². The lowest BCUT2D eigenvalue weighted by Gasteiger charge is -2.29. The van der Waals surface area contributed by atoms with E-state index in [2.05, 4.69) is 13.0 Å². The summed E-state index contributed by atoms with van der Waals surface area (Å²) in [7, 11) is 2.48. The van der Waals surface area contributed by atoms with Crippen molar-refractivity contribution in [2.24, 2.45) is 0 Å². The monoisotopic (exact) mass is 204 g/mol. The highest BCUT2D eigenvalue weighted by Gasteiger charge is 2.44. The zero-order chi connectivity index (χ0) is 10.3. The molecule has 0 heterocycles. The first kappa shape index (κ1) is 12.8. The minimum atomic E-state index is -2.45. The van der Waals surface area contributed by atoms with Gasteiger partial charge in [0.25, 0.3) is 0 Å². The van der Waals surface area contributed by atoms with Gasteiger partial charge in [0.1, 0.15) is 0 Å². The molecule has 0 fully saturated rings. The number of hydrogen-bond donors (Lipinski definition) is 0. The molecule has 0 spiro atoms. The van der Waals surface area contributed by atoms with Crippen LogP contribution in [0.4, 0.5) is 0 Å². The van der Waals surface area contributed by atoms with Gasteiger partial charge in [-0.2, -0.15) is 0 Å². The third-order valence-corrected chi connectivity index (χ3v) is 5.39. The van der Waals surface area contributed by atoms with Crippen LogP contribution in [-0.4, -0.2) is 30.1 Å². The van der Waals surface area contributed by atoms with E-state index in [4.69, 9.17) is 13.3 Å². The quantitative estimate of drug-likeness (QED) is 0.490. The summed E-state index contributed by atoms with van der Waals surface area (Å²) < 4.78 is 16.2. The number of allylic oxidation sites excluding steroid dienone is 2. The number of rotatable bonds is 6. The molecule has 1 atom stereocenters. The molecule has 4 heteroatoms. The molecule has 0 aromatic heterocycles. The standard InChI is InChI=1S/C9H20O3Si/c1-6-8-9(7-2)13(10-3,11-4)12-5/h6,8-9H,7H2,1-5H3/b8-6-. The summed E-state index contributed by atoms with van der Waals surface area (Å²) in [4.78, 5) is 0. The van der Waals surface area contributed by atoms with E-state index in [0.717, 1.165) is 6.42 Å².